The van der Waals surface area contributed by atoms with Crippen LogP contribution in [0.4, 0.5) is 0 Å². The fourth-order valence-electron chi connectivity index (χ4n) is 1.97. The number of hydrogen-bond donors (Lipinski definition) is 1. The average Bonchev–Trinajstić information content (AvgIpc) is 2.30. The van der Waals surface area contributed by atoms with E-state index in [2.05, 4.69) is 19.9 Å². The van der Waals surface area contributed by atoms with Gasteiger partial charge in [0.1, 0.15) is 5.75 Å². The van der Waals surface area contributed by atoms with Gasteiger partial charge in [0.05, 0.1) is 13.7 Å². The summed E-state index contributed by atoms with van der Waals surface area (Å²) >= 11 is 0. The number of benzene rings is 1. The Labute approximate surface area is 97.6 Å². The van der Waals surface area contributed by atoms with Crippen molar-refractivity contribution in [1.82, 2.24) is 0 Å². The Hall–Kier alpha value is -1.06. The van der Waals surface area contributed by atoms with Gasteiger partial charge in [0.15, 0.2) is 0 Å². The molecule has 0 saturated heterocycles. The van der Waals surface area contributed by atoms with Gasteiger partial charge in [0.2, 0.25) is 0 Å². The molecule has 1 aromatic rings. The number of nitrogens with two attached hydrogens (primary N) is 1. The van der Waals surface area contributed by atoms with Crippen LogP contribution in [0.15, 0.2) is 12.1 Å². The van der Waals surface area contributed by atoms with Crippen LogP contribution in [0, 0.1) is 13.8 Å². The Kier molecular flexibility index (Phi) is 4.77. The van der Waals surface area contributed by atoms with E-state index in [-0.39, 0.29) is 5.92 Å². The van der Waals surface area contributed by atoms with Gasteiger partial charge in [-0.15, -0.1) is 0 Å². The molecule has 16 heavy (non-hydrogen) atoms. The van der Waals surface area contributed by atoms with Crippen LogP contribution < -0.4 is 10.5 Å². The molecule has 0 aromatic heterocycles. The molecule has 0 aliphatic heterocycles. The van der Waals surface area contributed by atoms with Gasteiger partial charge >= 0.3 is 0 Å². The summed E-state index contributed by atoms with van der Waals surface area (Å²) in [5.74, 6) is 1.18. The molecule has 1 atom stereocenters. The van der Waals surface area contributed by atoms with Crippen LogP contribution >= 0.6 is 0 Å². The number of methoxy groups -OCH3 is 2. The van der Waals surface area contributed by atoms with Gasteiger partial charge in [-0.05, 0) is 36.6 Å². The van der Waals surface area contributed by atoms with Gasteiger partial charge in [0.25, 0.3) is 0 Å². The van der Waals surface area contributed by atoms with Crippen LogP contribution in [0.2, 0.25) is 0 Å². The van der Waals surface area contributed by atoms with E-state index in [1.807, 2.05) is 6.07 Å². The number of hydrogen-bond acceptors (Lipinski definition) is 3. The zero-order valence-electron chi connectivity index (χ0n) is 10.5. The predicted octanol–water partition coefficient (Wildman–Crippen LogP) is 2.00. The van der Waals surface area contributed by atoms with Crippen molar-refractivity contribution in [2.45, 2.75) is 19.8 Å². The van der Waals surface area contributed by atoms with Gasteiger partial charge in [0, 0.05) is 19.6 Å². The molecule has 90 valence electrons. The molecule has 0 spiro atoms. The molecule has 1 aromatic carbocycles. The standard InChI is InChI=1S/C13H21NO2/c1-9-10(2)13(16-4)6-5-12(9)11(7-14)8-15-3/h5-6,11H,7-8,14H2,1-4H3. The van der Waals surface area contributed by atoms with Crippen LogP contribution in [0.3, 0.4) is 0 Å². The van der Waals surface area contributed by atoms with Gasteiger partial charge < -0.3 is 15.2 Å². The van der Waals surface area contributed by atoms with E-state index in [0.717, 1.165) is 5.75 Å². The molecule has 0 aliphatic rings. The first-order valence-corrected chi connectivity index (χ1v) is 5.48. The molecule has 0 fully saturated rings. The highest BCUT2D eigenvalue weighted by Gasteiger charge is 2.14. The molecular formula is C13H21NO2. The van der Waals surface area contributed by atoms with Crippen molar-refractivity contribution in [3.05, 3.63) is 28.8 Å². The average molecular weight is 223 g/mol. The highest BCUT2D eigenvalue weighted by Crippen LogP contribution is 2.28. The third kappa shape index (κ3) is 2.54. The van der Waals surface area contributed by atoms with E-state index < -0.39 is 0 Å². The zero-order chi connectivity index (χ0) is 12.1. The van der Waals surface area contributed by atoms with E-state index in [9.17, 15) is 0 Å². The second-order valence-electron chi connectivity index (χ2n) is 4.00. The fourth-order valence-corrected chi connectivity index (χ4v) is 1.97. The largest absolute Gasteiger partial charge is 0.496 e. The monoisotopic (exact) mass is 223 g/mol. The second kappa shape index (κ2) is 5.87. The molecule has 0 heterocycles. The molecule has 0 aliphatic carbocycles. The van der Waals surface area contributed by atoms with Crippen molar-refractivity contribution in [3.8, 4) is 5.75 Å². The number of rotatable bonds is 5. The topological polar surface area (TPSA) is 44.5 Å². The van der Waals surface area contributed by atoms with E-state index in [0.29, 0.717) is 13.2 Å². The van der Waals surface area contributed by atoms with E-state index >= 15 is 0 Å². The normalized spacial score (nSPS) is 12.6. The molecule has 2 N–H and O–H groups in total. The van der Waals surface area contributed by atoms with Gasteiger partial charge in [-0.2, -0.15) is 0 Å². The minimum atomic E-state index is 0.259. The lowest BCUT2D eigenvalue weighted by molar-refractivity contribution is 0.181. The maximum Gasteiger partial charge on any atom is 0.122 e. The second-order valence-corrected chi connectivity index (χ2v) is 4.00. The lowest BCUT2D eigenvalue weighted by Crippen LogP contribution is -2.18. The first-order valence-electron chi connectivity index (χ1n) is 5.48. The Bertz CT molecular complexity index is 350. The predicted molar refractivity (Wildman–Crippen MR) is 66.1 cm³/mol. The molecule has 3 heteroatoms. The van der Waals surface area contributed by atoms with E-state index in [1.165, 1.54) is 16.7 Å². The Morgan fingerprint density at radius 3 is 2.38 bits per heavy atom. The molecule has 1 unspecified atom stereocenters. The van der Waals surface area contributed by atoms with Crippen molar-refractivity contribution < 1.29 is 9.47 Å². The quantitative estimate of drug-likeness (QED) is 0.830. The minimum Gasteiger partial charge on any atom is -0.496 e. The lowest BCUT2D eigenvalue weighted by atomic mass is 9.92. The minimum absolute atomic E-state index is 0.259. The van der Waals surface area contributed by atoms with Crippen molar-refractivity contribution in [3.63, 3.8) is 0 Å². The smallest absolute Gasteiger partial charge is 0.122 e. The Morgan fingerprint density at radius 1 is 1.19 bits per heavy atom. The molecular weight excluding hydrogens is 202 g/mol. The Balaban J connectivity index is 3.09. The SMILES string of the molecule is COCC(CN)c1ccc(OC)c(C)c1C. The van der Waals surface area contributed by atoms with Gasteiger partial charge in [-0.3, -0.25) is 0 Å². The molecule has 0 bridgehead atoms. The summed E-state index contributed by atoms with van der Waals surface area (Å²) in [7, 11) is 3.39. The summed E-state index contributed by atoms with van der Waals surface area (Å²) in [6.07, 6.45) is 0. The van der Waals surface area contributed by atoms with Crippen LogP contribution in [-0.2, 0) is 4.74 Å². The van der Waals surface area contributed by atoms with Gasteiger partial charge in [-0.1, -0.05) is 6.07 Å². The highest BCUT2D eigenvalue weighted by molar-refractivity contribution is 5.45. The summed E-state index contributed by atoms with van der Waals surface area (Å²) in [4.78, 5) is 0. The summed E-state index contributed by atoms with van der Waals surface area (Å²) in [5, 5.41) is 0. The lowest BCUT2D eigenvalue weighted by Gasteiger charge is -2.19. The maximum absolute atomic E-state index is 5.77. The first kappa shape index (κ1) is 13.0. The van der Waals surface area contributed by atoms with E-state index in [1.54, 1.807) is 14.2 Å². The summed E-state index contributed by atoms with van der Waals surface area (Å²) in [5.41, 5.74) is 9.44. The summed E-state index contributed by atoms with van der Waals surface area (Å²) in [6.45, 7) is 5.42. The van der Waals surface area contributed by atoms with Crippen LogP contribution in [0.5, 0.6) is 5.75 Å². The van der Waals surface area contributed by atoms with Gasteiger partial charge in [-0.25, -0.2) is 0 Å². The molecule has 0 saturated carbocycles. The van der Waals surface area contributed by atoms with Crippen LogP contribution in [0.1, 0.15) is 22.6 Å². The highest BCUT2D eigenvalue weighted by atomic mass is 16.5. The molecule has 1 rings (SSSR count). The fraction of sp³-hybridized carbons (Fsp3) is 0.538. The zero-order valence-corrected chi connectivity index (χ0v) is 10.5. The third-order valence-corrected chi connectivity index (χ3v) is 3.09. The summed E-state index contributed by atoms with van der Waals surface area (Å²) in [6, 6.07) is 4.08. The van der Waals surface area contributed by atoms with Crippen molar-refractivity contribution in [2.75, 3.05) is 27.4 Å². The summed E-state index contributed by atoms with van der Waals surface area (Å²) < 4.78 is 10.5. The van der Waals surface area contributed by atoms with Crippen LogP contribution in [0.25, 0.3) is 0 Å². The molecule has 0 radical (unpaired) electrons. The van der Waals surface area contributed by atoms with E-state index in [4.69, 9.17) is 15.2 Å². The third-order valence-electron chi connectivity index (χ3n) is 3.09. The molecule has 0 amide bonds. The number of ether oxygens (including phenoxy) is 2. The Morgan fingerprint density at radius 2 is 1.88 bits per heavy atom. The van der Waals surface area contributed by atoms with Crippen molar-refractivity contribution >= 4 is 0 Å². The van der Waals surface area contributed by atoms with Crippen molar-refractivity contribution in [2.24, 2.45) is 5.73 Å². The maximum atomic E-state index is 5.77. The first-order chi connectivity index (χ1) is 7.65. The van der Waals surface area contributed by atoms with Crippen LogP contribution in [-0.4, -0.2) is 27.4 Å². The molecule has 3 nitrogen and oxygen atoms in total. The van der Waals surface area contributed by atoms with Crippen molar-refractivity contribution in [1.29, 1.82) is 0 Å².